The molecular weight excluding hydrogens is 550 g/mol. The maximum atomic E-state index is 12.6. The van der Waals surface area contributed by atoms with E-state index in [-0.39, 0.29) is 18.7 Å². The van der Waals surface area contributed by atoms with Crippen LogP contribution in [0.4, 0.5) is 4.39 Å². The van der Waals surface area contributed by atoms with E-state index < -0.39 is 0 Å². The molecule has 5 rings (SSSR count). The average Bonchev–Trinajstić information content (AvgIpc) is 3.31. The van der Waals surface area contributed by atoms with Crippen LogP contribution < -0.4 is 10.2 Å². The van der Waals surface area contributed by atoms with E-state index in [1.165, 1.54) is 7.11 Å². The summed E-state index contributed by atoms with van der Waals surface area (Å²) < 4.78 is 18.9. The Bertz CT molecular complexity index is 1390. The van der Waals surface area contributed by atoms with Crippen LogP contribution >= 0.6 is 23.2 Å². The van der Waals surface area contributed by atoms with Crippen molar-refractivity contribution >= 4 is 40.3 Å². The third kappa shape index (κ3) is 6.52. The van der Waals surface area contributed by atoms with Crippen LogP contribution in [-0.2, 0) is 11.3 Å². The standard InChI is InChI=1S/C32H33Cl2FN2O3/c1-39-36-32(38)23-8-12-27-22(18-23)4-2-5-29(28-13-9-24(33)19-30(28)34)31(27)21-6-10-25(11-7-21)40-26-14-17-37(20-26)16-3-15-35/h6-13,18-19,26H,2-5,14-17,20H2,1H3,(H,36,38)/t26-/m0/s1. The molecule has 40 heavy (non-hydrogen) atoms. The molecule has 3 aromatic rings. The zero-order valence-corrected chi connectivity index (χ0v) is 24.0. The van der Waals surface area contributed by atoms with E-state index in [9.17, 15) is 9.18 Å². The van der Waals surface area contributed by atoms with Gasteiger partial charge in [0, 0.05) is 35.2 Å². The van der Waals surface area contributed by atoms with Crippen LogP contribution in [0, 0.1) is 0 Å². The zero-order chi connectivity index (χ0) is 28.1. The molecule has 1 aliphatic heterocycles. The molecule has 0 aromatic heterocycles. The number of carbonyl (C=O) groups excluding carboxylic acids is 1. The number of allylic oxidation sites excluding steroid dienone is 1. The number of nitrogens with zero attached hydrogens (tertiary/aromatic N) is 1. The largest absolute Gasteiger partial charge is 0.489 e. The molecule has 1 N–H and O–H groups in total. The fraction of sp³-hybridized carbons (Fsp3) is 0.344. The Hall–Kier alpha value is -2.90. The van der Waals surface area contributed by atoms with Gasteiger partial charge in [0.15, 0.2) is 0 Å². The quantitative estimate of drug-likeness (QED) is 0.267. The van der Waals surface area contributed by atoms with Gasteiger partial charge in [-0.05, 0) is 102 Å². The summed E-state index contributed by atoms with van der Waals surface area (Å²) in [7, 11) is 1.42. The number of rotatable bonds is 9. The maximum Gasteiger partial charge on any atom is 0.274 e. The first kappa shape index (κ1) is 28.6. The first-order valence-electron chi connectivity index (χ1n) is 13.7. The van der Waals surface area contributed by atoms with E-state index in [4.69, 9.17) is 32.8 Å². The number of nitrogens with one attached hydrogen (secondary N) is 1. The lowest BCUT2D eigenvalue weighted by Crippen LogP contribution is -2.26. The van der Waals surface area contributed by atoms with Crippen LogP contribution in [-0.4, -0.2) is 50.3 Å². The number of alkyl halides is 1. The second-order valence-electron chi connectivity index (χ2n) is 10.2. The Morgan fingerprint density at radius 2 is 1.85 bits per heavy atom. The summed E-state index contributed by atoms with van der Waals surface area (Å²) in [6, 6.07) is 19.6. The highest BCUT2D eigenvalue weighted by atomic mass is 35.5. The summed E-state index contributed by atoms with van der Waals surface area (Å²) in [5.41, 5.74) is 9.35. The Balaban J connectivity index is 1.51. The highest BCUT2D eigenvalue weighted by Crippen LogP contribution is 2.42. The van der Waals surface area contributed by atoms with Crippen molar-refractivity contribution < 1.29 is 18.8 Å². The predicted octanol–water partition coefficient (Wildman–Crippen LogP) is 7.39. The van der Waals surface area contributed by atoms with Crippen molar-refractivity contribution in [3.05, 3.63) is 98.5 Å². The van der Waals surface area contributed by atoms with Gasteiger partial charge in [0.1, 0.15) is 11.9 Å². The van der Waals surface area contributed by atoms with Gasteiger partial charge in [0.2, 0.25) is 0 Å². The number of carbonyl (C=O) groups is 1. The van der Waals surface area contributed by atoms with Crippen molar-refractivity contribution in [1.82, 2.24) is 10.4 Å². The Labute approximate surface area is 244 Å². The SMILES string of the molecule is CONC(=O)c1ccc2c(c1)CCCC(c1ccc(Cl)cc1Cl)=C2c1ccc(O[C@H]2CCN(CCCF)C2)cc1. The summed E-state index contributed by atoms with van der Waals surface area (Å²) in [4.78, 5) is 19.6. The van der Waals surface area contributed by atoms with Gasteiger partial charge in [-0.15, -0.1) is 0 Å². The van der Waals surface area contributed by atoms with Crippen molar-refractivity contribution in [3.8, 4) is 5.75 Å². The molecule has 1 saturated heterocycles. The number of hydrogen-bond donors (Lipinski definition) is 1. The molecule has 0 spiro atoms. The van der Waals surface area contributed by atoms with Crippen molar-refractivity contribution in [2.45, 2.75) is 38.2 Å². The third-order valence-corrected chi connectivity index (χ3v) is 8.09. The van der Waals surface area contributed by atoms with Crippen molar-refractivity contribution in [3.63, 3.8) is 0 Å². The second kappa shape index (κ2) is 13.2. The number of aryl methyl sites for hydroxylation is 1. The monoisotopic (exact) mass is 582 g/mol. The summed E-state index contributed by atoms with van der Waals surface area (Å²) in [5.74, 6) is 0.533. The van der Waals surface area contributed by atoms with E-state index in [0.717, 1.165) is 84.5 Å². The van der Waals surface area contributed by atoms with Crippen molar-refractivity contribution in [2.24, 2.45) is 0 Å². The molecule has 2 aliphatic rings. The van der Waals surface area contributed by atoms with Crippen LogP contribution in [0.5, 0.6) is 5.75 Å². The van der Waals surface area contributed by atoms with E-state index in [0.29, 0.717) is 22.0 Å². The predicted molar refractivity (Wildman–Crippen MR) is 159 cm³/mol. The summed E-state index contributed by atoms with van der Waals surface area (Å²) in [6.07, 6.45) is 4.15. The number of amides is 1. The summed E-state index contributed by atoms with van der Waals surface area (Å²) >= 11 is 13.0. The van der Waals surface area contributed by atoms with Crippen LogP contribution in [0.3, 0.4) is 0 Å². The highest BCUT2D eigenvalue weighted by Gasteiger charge is 2.25. The molecule has 0 bridgehead atoms. The van der Waals surface area contributed by atoms with Gasteiger partial charge < -0.3 is 4.74 Å². The highest BCUT2D eigenvalue weighted by molar-refractivity contribution is 6.36. The van der Waals surface area contributed by atoms with Gasteiger partial charge in [0.05, 0.1) is 13.8 Å². The average molecular weight is 584 g/mol. The van der Waals surface area contributed by atoms with E-state index >= 15 is 0 Å². The van der Waals surface area contributed by atoms with Gasteiger partial charge in [-0.3, -0.25) is 18.9 Å². The zero-order valence-electron chi connectivity index (χ0n) is 22.5. The topological polar surface area (TPSA) is 50.8 Å². The molecule has 0 radical (unpaired) electrons. The summed E-state index contributed by atoms with van der Waals surface area (Å²) in [5, 5.41) is 1.20. The number of benzene rings is 3. The van der Waals surface area contributed by atoms with E-state index in [1.807, 2.05) is 42.5 Å². The lowest BCUT2D eigenvalue weighted by molar-refractivity contribution is 0.0537. The van der Waals surface area contributed by atoms with Crippen LogP contribution in [0.15, 0.2) is 60.7 Å². The summed E-state index contributed by atoms with van der Waals surface area (Å²) in [6.45, 7) is 2.24. The number of ether oxygens (including phenoxy) is 1. The van der Waals surface area contributed by atoms with Crippen molar-refractivity contribution in [1.29, 1.82) is 0 Å². The van der Waals surface area contributed by atoms with Gasteiger partial charge in [-0.2, -0.15) is 0 Å². The first-order chi connectivity index (χ1) is 19.5. The minimum absolute atomic E-state index is 0.100. The molecule has 8 heteroatoms. The van der Waals surface area contributed by atoms with Crippen LogP contribution in [0.25, 0.3) is 11.1 Å². The van der Waals surface area contributed by atoms with E-state index in [2.05, 4.69) is 22.5 Å². The molecule has 0 unspecified atom stereocenters. The first-order valence-corrected chi connectivity index (χ1v) is 14.4. The Morgan fingerprint density at radius 3 is 2.60 bits per heavy atom. The van der Waals surface area contributed by atoms with Gasteiger partial charge in [0.25, 0.3) is 5.91 Å². The maximum absolute atomic E-state index is 12.6. The Morgan fingerprint density at radius 1 is 1.05 bits per heavy atom. The normalized spacial score (nSPS) is 17.4. The lowest BCUT2D eigenvalue weighted by atomic mass is 9.87. The molecule has 1 fully saturated rings. The smallest absolute Gasteiger partial charge is 0.274 e. The molecule has 1 aliphatic carbocycles. The van der Waals surface area contributed by atoms with Crippen molar-refractivity contribution in [2.75, 3.05) is 33.4 Å². The van der Waals surface area contributed by atoms with Gasteiger partial charge >= 0.3 is 0 Å². The number of hydrogen-bond acceptors (Lipinski definition) is 4. The number of likely N-dealkylation sites (tertiary alicyclic amines) is 1. The minimum atomic E-state index is -0.284. The van der Waals surface area contributed by atoms with E-state index in [1.54, 1.807) is 6.07 Å². The molecule has 1 atom stereocenters. The van der Waals surface area contributed by atoms with Crippen LogP contribution in [0.1, 0.15) is 58.3 Å². The Kier molecular flexibility index (Phi) is 9.43. The molecule has 0 saturated carbocycles. The molecule has 3 aromatic carbocycles. The molecule has 1 heterocycles. The second-order valence-corrected chi connectivity index (χ2v) is 11.1. The number of hydroxylamine groups is 1. The number of fused-ring (bicyclic) bond motifs is 1. The lowest BCUT2D eigenvalue weighted by Gasteiger charge is -2.19. The fourth-order valence-corrected chi connectivity index (χ4v) is 6.21. The molecule has 210 valence electrons. The van der Waals surface area contributed by atoms with Gasteiger partial charge in [-0.1, -0.05) is 47.5 Å². The van der Waals surface area contributed by atoms with Crippen LogP contribution in [0.2, 0.25) is 10.0 Å². The minimum Gasteiger partial charge on any atom is -0.489 e. The number of halogens is 3. The molecule has 5 nitrogen and oxygen atoms in total. The fourth-order valence-electron chi connectivity index (χ4n) is 5.69. The molecular formula is C32H33Cl2FN2O3. The third-order valence-electron chi connectivity index (χ3n) is 7.55. The van der Waals surface area contributed by atoms with Gasteiger partial charge in [-0.25, -0.2) is 5.48 Å². The molecule has 1 amide bonds.